The Labute approximate surface area is 180 Å². The Morgan fingerprint density at radius 2 is 2.00 bits per heavy atom. The van der Waals surface area contributed by atoms with Crippen LogP contribution in [0, 0.1) is 6.92 Å². The third-order valence-electron chi connectivity index (χ3n) is 5.04. The molecular formula is C21H25N3O3S2. The highest BCUT2D eigenvalue weighted by molar-refractivity contribution is 7.80. The number of aryl methyl sites for hydroxylation is 1. The van der Waals surface area contributed by atoms with Crippen molar-refractivity contribution in [2.75, 3.05) is 26.5 Å². The van der Waals surface area contributed by atoms with Crippen molar-refractivity contribution in [3.8, 4) is 0 Å². The van der Waals surface area contributed by atoms with Gasteiger partial charge >= 0.3 is 5.97 Å². The van der Waals surface area contributed by atoms with Crippen LogP contribution in [0.4, 0.5) is 5.00 Å². The van der Waals surface area contributed by atoms with Crippen LogP contribution in [-0.2, 0) is 11.2 Å². The molecule has 0 saturated carbocycles. The summed E-state index contributed by atoms with van der Waals surface area (Å²) in [5.41, 5.74) is 3.52. The summed E-state index contributed by atoms with van der Waals surface area (Å²) in [5, 5.41) is 7.43. The van der Waals surface area contributed by atoms with Gasteiger partial charge in [0.2, 0.25) is 0 Å². The quantitative estimate of drug-likeness (QED) is 0.565. The summed E-state index contributed by atoms with van der Waals surface area (Å²) in [5.74, 6) is -0.657. The molecule has 2 N–H and O–H groups in total. The fraction of sp³-hybridized carbons (Fsp3) is 0.381. The summed E-state index contributed by atoms with van der Waals surface area (Å²) in [6, 6.07) is 8.48. The molecule has 0 saturated heterocycles. The van der Waals surface area contributed by atoms with Crippen molar-refractivity contribution < 1.29 is 14.3 Å². The number of anilines is 1. The van der Waals surface area contributed by atoms with E-state index in [1.165, 1.54) is 34.5 Å². The number of nitrogens with one attached hydrogen (secondary N) is 2. The number of methoxy groups -OCH3 is 1. The van der Waals surface area contributed by atoms with Crippen LogP contribution in [-0.4, -0.2) is 43.1 Å². The number of hydrogen-bond acceptors (Lipinski definition) is 5. The minimum Gasteiger partial charge on any atom is -0.465 e. The SMILES string of the molecule is COC(=O)c1c(NC(=S)NC2CCCc3ccccc32)sc(C(=O)N(C)C)c1C. The molecular weight excluding hydrogens is 406 g/mol. The third kappa shape index (κ3) is 4.43. The van der Waals surface area contributed by atoms with Crippen LogP contribution >= 0.6 is 23.6 Å². The van der Waals surface area contributed by atoms with Crippen LogP contribution in [0.1, 0.15) is 55.6 Å². The molecule has 1 heterocycles. The van der Waals surface area contributed by atoms with E-state index in [1.54, 1.807) is 21.0 Å². The van der Waals surface area contributed by atoms with Gasteiger partial charge in [-0.05, 0) is 55.1 Å². The Morgan fingerprint density at radius 1 is 1.28 bits per heavy atom. The average molecular weight is 432 g/mol. The maximum Gasteiger partial charge on any atom is 0.341 e. The van der Waals surface area contributed by atoms with Crippen molar-refractivity contribution in [2.24, 2.45) is 0 Å². The van der Waals surface area contributed by atoms with E-state index >= 15 is 0 Å². The van der Waals surface area contributed by atoms with E-state index in [2.05, 4.69) is 28.8 Å². The van der Waals surface area contributed by atoms with Crippen molar-refractivity contribution in [1.29, 1.82) is 0 Å². The predicted octanol–water partition coefficient (Wildman–Crippen LogP) is 3.91. The van der Waals surface area contributed by atoms with Gasteiger partial charge < -0.3 is 20.3 Å². The van der Waals surface area contributed by atoms with Gasteiger partial charge in [0.1, 0.15) is 5.00 Å². The Hall–Kier alpha value is -2.45. The zero-order valence-electron chi connectivity index (χ0n) is 17.0. The standard InChI is InChI=1S/C21H25N3O3S2/c1-12-16(20(26)27-4)18(29-17(12)19(25)24(2)3)23-21(28)22-15-11-7-9-13-8-5-6-10-14(13)15/h5-6,8,10,15H,7,9,11H2,1-4H3,(H2,22,23,28). The van der Waals surface area contributed by atoms with Gasteiger partial charge in [0.25, 0.3) is 5.91 Å². The lowest BCUT2D eigenvalue weighted by Gasteiger charge is -2.27. The average Bonchev–Trinajstić information content (AvgIpc) is 3.02. The van der Waals surface area contributed by atoms with Gasteiger partial charge in [-0.25, -0.2) is 4.79 Å². The second kappa shape index (κ2) is 8.92. The molecule has 1 amide bonds. The number of thiocarbonyl (C=S) groups is 1. The molecule has 154 valence electrons. The van der Waals surface area contributed by atoms with Crippen molar-refractivity contribution in [3.05, 3.63) is 51.4 Å². The Morgan fingerprint density at radius 3 is 2.69 bits per heavy atom. The molecule has 1 aromatic carbocycles. The normalized spacial score (nSPS) is 15.2. The zero-order valence-corrected chi connectivity index (χ0v) is 18.6. The molecule has 1 aromatic heterocycles. The van der Waals surface area contributed by atoms with E-state index in [4.69, 9.17) is 17.0 Å². The van der Waals surface area contributed by atoms with Crippen LogP contribution in [0.5, 0.6) is 0 Å². The number of ether oxygens (including phenoxy) is 1. The summed E-state index contributed by atoms with van der Waals surface area (Å²) in [7, 11) is 4.68. The highest BCUT2D eigenvalue weighted by Gasteiger charge is 2.27. The van der Waals surface area contributed by atoms with E-state index < -0.39 is 5.97 Å². The van der Waals surface area contributed by atoms with Crippen LogP contribution < -0.4 is 10.6 Å². The van der Waals surface area contributed by atoms with E-state index in [1.807, 2.05) is 6.07 Å². The van der Waals surface area contributed by atoms with Gasteiger partial charge in [0.05, 0.1) is 23.6 Å². The number of carbonyl (C=O) groups is 2. The maximum absolute atomic E-state index is 12.5. The topological polar surface area (TPSA) is 70.7 Å². The molecule has 29 heavy (non-hydrogen) atoms. The second-order valence-corrected chi connectivity index (χ2v) is 8.62. The molecule has 2 aromatic rings. The summed E-state index contributed by atoms with van der Waals surface area (Å²) in [6.07, 6.45) is 3.14. The highest BCUT2D eigenvalue weighted by atomic mass is 32.1. The number of fused-ring (bicyclic) bond motifs is 1. The monoisotopic (exact) mass is 431 g/mol. The van der Waals surface area contributed by atoms with Gasteiger partial charge in [-0.15, -0.1) is 11.3 Å². The van der Waals surface area contributed by atoms with Crippen molar-refractivity contribution in [2.45, 2.75) is 32.2 Å². The first-order valence-corrected chi connectivity index (χ1v) is 10.6. The lowest BCUT2D eigenvalue weighted by molar-refractivity contribution is 0.0601. The fourth-order valence-corrected chi connectivity index (χ4v) is 5.09. The summed E-state index contributed by atoms with van der Waals surface area (Å²) >= 11 is 6.75. The van der Waals surface area contributed by atoms with E-state index in [0.717, 1.165) is 19.3 Å². The van der Waals surface area contributed by atoms with Gasteiger partial charge in [0.15, 0.2) is 5.11 Å². The Balaban J connectivity index is 1.84. The number of nitrogens with zero attached hydrogens (tertiary/aromatic N) is 1. The molecule has 0 spiro atoms. The number of carbonyl (C=O) groups excluding carboxylic acids is 2. The minimum atomic E-state index is -0.495. The molecule has 8 heteroatoms. The predicted molar refractivity (Wildman–Crippen MR) is 120 cm³/mol. The highest BCUT2D eigenvalue weighted by Crippen LogP contribution is 2.35. The first kappa shape index (κ1) is 21.3. The number of thiophene rings is 1. The molecule has 1 atom stereocenters. The molecule has 1 aliphatic carbocycles. The lowest BCUT2D eigenvalue weighted by Crippen LogP contribution is -2.34. The van der Waals surface area contributed by atoms with Gasteiger partial charge in [-0.2, -0.15) is 0 Å². The molecule has 0 aliphatic heterocycles. The molecule has 6 nitrogen and oxygen atoms in total. The molecule has 1 unspecified atom stereocenters. The summed E-state index contributed by atoms with van der Waals surface area (Å²) in [6.45, 7) is 1.75. The fourth-order valence-electron chi connectivity index (χ4n) is 3.56. The van der Waals surface area contributed by atoms with Gasteiger partial charge in [0, 0.05) is 14.1 Å². The van der Waals surface area contributed by atoms with Crippen LogP contribution in [0.15, 0.2) is 24.3 Å². The molecule has 0 fully saturated rings. The van der Waals surface area contributed by atoms with Gasteiger partial charge in [-0.1, -0.05) is 24.3 Å². The largest absolute Gasteiger partial charge is 0.465 e. The summed E-state index contributed by atoms with van der Waals surface area (Å²) in [4.78, 5) is 26.8. The first-order valence-electron chi connectivity index (χ1n) is 9.42. The second-order valence-electron chi connectivity index (χ2n) is 7.19. The first-order chi connectivity index (χ1) is 13.8. The van der Waals surface area contributed by atoms with Gasteiger partial charge in [-0.3, -0.25) is 4.79 Å². The van der Waals surface area contributed by atoms with Crippen molar-refractivity contribution >= 4 is 45.5 Å². The van der Waals surface area contributed by atoms with Crippen LogP contribution in [0.25, 0.3) is 0 Å². The van der Waals surface area contributed by atoms with E-state index in [9.17, 15) is 9.59 Å². The minimum absolute atomic E-state index is 0.116. The molecule has 1 aliphatic rings. The Kier molecular flexibility index (Phi) is 6.54. The van der Waals surface area contributed by atoms with E-state index in [-0.39, 0.29) is 11.9 Å². The number of benzene rings is 1. The van der Waals surface area contributed by atoms with Crippen molar-refractivity contribution in [3.63, 3.8) is 0 Å². The van der Waals surface area contributed by atoms with Crippen LogP contribution in [0.2, 0.25) is 0 Å². The summed E-state index contributed by atoms with van der Waals surface area (Å²) < 4.78 is 4.93. The maximum atomic E-state index is 12.5. The zero-order chi connectivity index (χ0) is 21.1. The number of esters is 1. The lowest BCUT2D eigenvalue weighted by atomic mass is 9.88. The van der Waals surface area contributed by atoms with Crippen LogP contribution in [0.3, 0.4) is 0 Å². The molecule has 3 rings (SSSR count). The van der Waals surface area contributed by atoms with Crippen molar-refractivity contribution in [1.82, 2.24) is 10.2 Å². The Bertz CT molecular complexity index is 953. The molecule has 0 radical (unpaired) electrons. The third-order valence-corrected chi connectivity index (χ3v) is 6.45. The molecule has 0 bridgehead atoms. The number of amides is 1. The number of hydrogen-bond donors (Lipinski definition) is 2. The van der Waals surface area contributed by atoms with E-state index in [0.29, 0.717) is 26.1 Å². The number of rotatable bonds is 4. The smallest absolute Gasteiger partial charge is 0.341 e.